The average Bonchev–Trinajstić information content (AvgIpc) is 1.78. The maximum absolute atomic E-state index is 10.3. The zero-order valence-corrected chi connectivity index (χ0v) is 5.22. The van der Waals surface area contributed by atoms with Gasteiger partial charge in [0, 0.05) is 0 Å². The molecule has 1 rings (SSSR count). The first-order valence-corrected chi connectivity index (χ1v) is 2.69. The lowest BCUT2D eigenvalue weighted by Crippen LogP contribution is -2.50. The number of hydrogen-bond donors (Lipinski definition) is 1. The summed E-state index contributed by atoms with van der Waals surface area (Å²) in [4.78, 5) is 10.3. The number of cyclic esters (lactones) is 2. The molecule has 4 heteroatoms. The van der Waals surface area contributed by atoms with Crippen LogP contribution in [0.5, 0.6) is 0 Å². The minimum Gasteiger partial charge on any atom is -0.432 e. The van der Waals surface area contributed by atoms with E-state index in [1.54, 1.807) is 6.92 Å². The Kier molecular flexibility index (Phi) is 1.32. The van der Waals surface area contributed by atoms with Gasteiger partial charge in [0.2, 0.25) is 0 Å². The molecule has 1 saturated heterocycles. The first-order chi connectivity index (χ1) is 4.10. The summed E-state index contributed by atoms with van der Waals surface area (Å²) >= 11 is 0. The molecule has 0 atom stereocenters. The first-order valence-electron chi connectivity index (χ1n) is 2.69. The molecule has 4 nitrogen and oxygen atoms in total. The summed E-state index contributed by atoms with van der Waals surface area (Å²) in [6.07, 6.45) is -0.627. The fourth-order valence-corrected chi connectivity index (χ4v) is 0.531. The number of nitrogens with two attached hydrogens (primary N) is 1. The van der Waals surface area contributed by atoms with Gasteiger partial charge in [0.15, 0.2) is 0 Å². The Bertz CT molecular complexity index is 120. The van der Waals surface area contributed by atoms with Crippen molar-refractivity contribution >= 4 is 6.16 Å². The van der Waals surface area contributed by atoms with Gasteiger partial charge >= 0.3 is 6.16 Å². The van der Waals surface area contributed by atoms with Gasteiger partial charge in [-0.15, -0.1) is 0 Å². The van der Waals surface area contributed by atoms with Crippen molar-refractivity contribution in [3.8, 4) is 0 Å². The molecular weight excluding hydrogens is 122 g/mol. The van der Waals surface area contributed by atoms with E-state index in [2.05, 4.69) is 9.47 Å². The highest BCUT2D eigenvalue weighted by Crippen LogP contribution is 2.07. The molecule has 1 heterocycles. The fraction of sp³-hybridized carbons (Fsp3) is 0.800. The van der Waals surface area contributed by atoms with Gasteiger partial charge < -0.3 is 15.2 Å². The van der Waals surface area contributed by atoms with Crippen molar-refractivity contribution in [3.05, 3.63) is 0 Å². The first kappa shape index (κ1) is 6.35. The molecule has 2 N–H and O–H groups in total. The molecular formula is C5H9NO3. The van der Waals surface area contributed by atoms with E-state index in [0.29, 0.717) is 0 Å². The molecule has 0 spiro atoms. The maximum Gasteiger partial charge on any atom is 0.508 e. The van der Waals surface area contributed by atoms with Crippen LogP contribution < -0.4 is 5.73 Å². The van der Waals surface area contributed by atoms with E-state index in [-0.39, 0.29) is 13.2 Å². The van der Waals surface area contributed by atoms with Crippen LogP contribution in [-0.2, 0) is 9.47 Å². The summed E-state index contributed by atoms with van der Waals surface area (Å²) < 4.78 is 9.01. The second-order valence-corrected chi connectivity index (χ2v) is 2.48. The largest absolute Gasteiger partial charge is 0.508 e. The normalized spacial score (nSPS) is 24.4. The van der Waals surface area contributed by atoms with Crippen molar-refractivity contribution in [1.82, 2.24) is 0 Å². The van der Waals surface area contributed by atoms with E-state index < -0.39 is 11.7 Å². The molecule has 0 aromatic carbocycles. The molecule has 0 aliphatic carbocycles. The van der Waals surface area contributed by atoms with Crippen LogP contribution in [0, 0.1) is 0 Å². The summed E-state index contributed by atoms with van der Waals surface area (Å²) in [6.45, 7) is 2.25. The molecule has 0 saturated carbocycles. The lowest BCUT2D eigenvalue weighted by Gasteiger charge is -2.27. The summed E-state index contributed by atoms with van der Waals surface area (Å²) in [5, 5.41) is 0. The molecule has 1 fully saturated rings. The third-order valence-electron chi connectivity index (χ3n) is 1.04. The van der Waals surface area contributed by atoms with Crippen LogP contribution >= 0.6 is 0 Å². The molecule has 9 heavy (non-hydrogen) atoms. The van der Waals surface area contributed by atoms with Gasteiger partial charge in [-0.1, -0.05) is 0 Å². The van der Waals surface area contributed by atoms with E-state index in [4.69, 9.17) is 5.73 Å². The summed E-state index contributed by atoms with van der Waals surface area (Å²) in [5.41, 5.74) is 5.03. The third kappa shape index (κ3) is 1.57. The average molecular weight is 131 g/mol. The van der Waals surface area contributed by atoms with E-state index in [1.807, 2.05) is 0 Å². The minimum atomic E-state index is -0.627. The Hall–Kier alpha value is -0.770. The van der Waals surface area contributed by atoms with Gasteiger partial charge in [0.05, 0.1) is 5.54 Å². The van der Waals surface area contributed by atoms with Crippen molar-refractivity contribution in [1.29, 1.82) is 0 Å². The van der Waals surface area contributed by atoms with Gasteiger partial charge in [-0.25, -0.2) is 4.79 Å². The Balaban J connectivity index is 2.44. The number of hydrogen-bond acceptors (Lipinski definition) is 4. The number of carbonyl (C=O) groups is 1. The Morgan fingerprint density at radius 1 is 1.56 bits per heavy atom. The summed E-state index contributed by atoms with van der Waals surface area (Å²) in [7, 11) is 0. The van der Waals surface area contributed by atoms with Gasteiger partial charge in [0.25, 0.3) is 0 Å². The highest BCUT2D eigenvalue weighted by atomic mass is 16.7. The SMILES string of the molecule is CC1(N)COC(=O)OC1. The maximum atomic E-state index is 10.3. The smallest absolute Gasteiger partial charge is 0.432 e. The monoisotopic (exact) mass is 131 g/mol. The predicted octanol–water partition coefficient (Wildman–Crippen LogP) is -0.129. The van der Waals surface area contributed by atoms with Gasteiger partial charge in [0.1, 0.15) is 13.2 Å². The molecule has 1 aliphatic heterocycles. The Morgan fingerprint density at radius 3 is 2.33 bits per heavy atom. The third-order valence-corrected chi connectivity index (χ3v) is 1.04. The van der Waals surface area contributed by atoms with E-state index in [1.165, 1.54) is 0 Å². The number of ether oxygens (including phenoxy) is 2. The van der Waals surface area contributed by atoms with Gasteiger partial charge in [-0.2, -0.15) is 0 Å². The second kappa shape index (κ2) is 1.88. The van der Waals surface area contributed by atoms with Crippen LogP contribution in [0.15, 0.2) is 0 Å². The highest BCUT2D eigenvalue weighted by Gasteiger charge is 2.28. The van der Waals surface area contributed by atoms with Crippen molar-refractivity contribution in [2.24, 2.45) is 5.73 Å². The van der Waals surface area contributed by atoms with Crippen LogP contribution in [0.4, 0.5) is 4.79 Å². The van der Waals surface area contributed by atoms with Crippen molar-refractivity contribution in [2.45, 2.75) is 12.5 Å². The van der Waals surface area contributed by atoms with Crippen molar-refractivity contribution in [3.63, 3.8) is 0 Å². The molecule has 0 unspecified atom stereocenters. The predicted molar refractivity (Wildman–Crippen MR) is 29.9 cm³/mol. The Labute approximate surface area is 52.9 Å². The van der Waals surface area contributed by atoms with Crippen LogP contribution in [-0.4, -0.2) is 24.9 Å². The van der Waals surface area contributed by atoms with Crippen molar-refractivity contribution in [2.75, 3.05) is 13.2 Å². The van der Waals surface area contributed by atoms with E-state index in [9.17, 15) is 4.79 Å². The highest BCUT2D eigenvalue weighted by molar-refractivity contribution is 5.60. The number of rotatable bonds is 0. The van der Waals surface area contributed by atoms with Gasteiger partial charge in [-0.3, -0.25) is 0 Å². The van der Waals surface area contributed by atoms with Gasteiger partial charge in [-0.05, 0) is 6.92 Å². The van der Waals surface area contributed by atoms with Crippen LogP contribution in [0.2, 0.25) is 0 Å². The molecule has 0 aromatic heterocycles. The molecule has 52 valence electrons. The lowest BCUT2D eigenvalue weighted by atomic mass is 10.1. The molecule has 0 bridgehead atoms. The van der Waals surface area contributed by atoms with E-state index in [0.717, 1.165) is 0 Å². The number of carbonyl (C=O) groups excluding carboxylic acids is 1. The summed E-state index contributed by atoms with van der Waals surface area (Å²) in [5.74, 6) is 0. The Morgan fingerprint density at radius 2 is 2.00 bits per heavy atom. The minimum absolute atomic E-state index is 0.242. The van der Waals surface area contributed by atoms with Crippen LogP contribution in [0.3, 0.4) is 0 Å². The topological polar surface area (TPSA) is 61.5 Å². The lowest BCUT2D eigenvalue weighted by molar-refractivity contribution is -0.0184. The second-order valence-electron chi connectivity index (χ2n) is 2.48. The molecule has 0 radical (unpaired) electrons. The standard InChI is InChI=1S/C5H9NO3/c1-5(6)2-8-4(7)9-3-5/h2-3,6H2,1H3. The quantitative estimate of drug-likeness (QED) is 0.465. The van der Waals surface area contributed by atoms with Crippen molar-refractivity contribution < 1.29 is 14.3 Å². The van der Waals surface area contributed by atoms with Crippen LogP contribution in [0.1, 0.15) is 6.92 Å². The molecule has 0 aromatic rings. The summed E-state index contributed by atoms with van der Waals surface area (Å²) in [6, 6.07) is 0. The fourth-order valence-electron chi connectivity index (χ4n) is 0.531. The molecule has 1 aliphatic rings. The zero-order valence-electron chi connectivity index (χ0n) is 5.22. The zero-order chi connectivity index (χ0) is 6.91. The molecule has 0 amide bonds. The van der Waals surface area contributed by atoms with E-state index >= 15 is 0 Å². The van der Waals surface area contributed by atoms with Crippen LogP contribution in [0.25, 0.3) is 0 Å².